The van der Waals surface area contributed by atoms with Crippen molar-refractivity contribution in [2.24, 2.45) is 0 Å². The summed E-state index contributed by atoms with van der Waals surface area (Å²) in [5.74, 6) is -0.0487. The predicted molar refractivity (Wildman–Crippen MR) is 126 cm³/mol. The molecule has 11 heteroatoms. The number of benzene rings is 2. The molecule has 1 aliphatic rings. The molecule has 1 atom stereocenters. The van der Waals surface area contributed by atoms with Crippen LogP contribution in [0.25, 0.3) is 0 Å². The van der Waals surface area contributed by atoms with Gasteiger partial charge in [0.15, 0.2) is 0 Å². The van der Waals surface area contributed by atoms with Crippen LogP contribution in [0.5, 0.6) is 5.75 Å². The number of hydrogen-bond acceptors (Lipinski definition) is 7. The molecule has 2 aromatic rings. The highest BCUT2D eigenvalue weighted by molar-refractivity contribution is 7.94. The third-order valence-corrected chi connectivity index (χ3v) is 8.81. The molecule has 3 rings (SSSR count). The zero-order valence-corrected chi connectivity index (χ0v) is 20.5. The van der Waals surface area contributed by atoms with Gasteiger partial charge in [-0.3, -0.25) is 9.69 Å². The first-order chi connectivity index (χ1) is 15.6. The molecule has 0 unspecified atom stereocenters. The Kier molecular flexibility index (Phi) is 7.78. The lowest BCUT2D eigenvalue weighted by Crippen LogP contribution is -2.38. The molecular weight excluding hydrogens is 466 g/mol. The van der Waals surface area contributed by atoms with Crippen molar-refractivity contribution in [3.05, 3.63) is 54.1 Å². The quantitative estimate of drug-likeness (QED) is 0.537. The molecule has 0 spiro atoms. The Bertz CT molecular complexity index is 1180. The average Bonchev–Trinajstić information content (AvgIpc) is 3.08. The minimum Gasteiger partial charge on any atom is -0.497 e. The van der Waals surface area contributed by atoms with Gasteiger partial charge in [0, 0.05) is 19.0 Å². The van der Waals surface area contributed by atoms with Crippen LogP contribution in [0, 0.1) is 0 Å². The average molecular weight is 496 g/mol. The number of ether oxygens (including phenoxy) is 1. The monoisotopic (exact) mass is 495 g/mol. The van der Waals surface area contributed by atoms with Crippen molar-refractivity contribution < 1.29 is 26.4 Å². The molecule has 2 aromatic carbocycles. The second-order valence-corrected chi connectivity index (χ2v) is 11.3. The first kappa shape index (κ1) is 25.2. The van der Waals surface area contributed by atoms with E-state index in [-0.39, 0.29) is 35.3 Å². The van der Waals surface area contributed by atoms with Gasteiger partial charge in [0.2, 0.25) is 26.0 Å². The number of hydrogen-bond donors (Lipinski definition) is 1. The topological polar surface area (TPSA) is 113 Å². The van der Waals surface area contributed by atoms with Crippen LogP contribution >= 0.6 is 0 Å². The maximum Gasteiger partial charge on any atom is 0.242 e. The van der Waals surface area contributed by atoms with E-state index in [1.54, 1.807) is 7.11 Å². The lowest BCUT2D eigenvalue weighted by Gasteiger charge is -2.30. The number of likely N-dealkylation sites (N-methyl/N-ethyl adjacent to an activating group) is 1. The predicted octanol–water partition coefficient (Wildman–Crippen LogP) is 2.12. The number of carbonyl (C=O) groups is 1. The second-order valence-electron chi connectivity index (χ2n) is 7.58. The first-order valence-electron chi connectivity index (χ1n) is 10.7. The number of anilines is 1. The van der Waals surface area contributed by atoms with Gasteiger partial charge in [-0.05, 0) is 55.1 Å². The normalized spacial score (nSPS) is 16.8. The van der Waals surface area contributed by atoms with Crippen LogP contribution in [0.3, 0.4) is 0 Å². The Hall–Kier alpha value is -2.47. The van der Waals surface area contributed by atoms with Gasteiger partial charge in [0.05, 0.1) is 23.4 Å². The van der Waals surface area contributed by atoms with Gasteiger partial charge in [-0.15, -0.1) is 0 Å². The summed E-state index contributed by atoms with van der Waals surface area (Å²) in [5.41, 5.74) is 1.09. The van der Waals surface area contributed by atoms with E-state index in [9.17, 15) is 21.6 Å². The van der Waals surface area contributed by atoms with Crippen molar-refractivity contribution in [2.75, 3.05) is 36.8 Å². The van der Waals surface area contributed by atoms with Gasteiger partial charge in [-0.25, -0.2) is 25.9 Å². The maximum absolute atomic E-state index is 12.9. The second kappa shape index (κ2) is 10.2. The lowest BCUT2D eigenvalue weighted by molar-refractivity contribution is -0.116. The zero-order chi connectivity index (χ0) is 24.2. The van der Waals surface area contributed by atoms with E-state index in [2.05, 4.69) is 9.62 Å². The molecule has 0 bridgehead atoms. The first-order valence-corrected chi connectivity index (χ1v) is 13.8. The smallest absolute Gasteiger partial charge is 0.242 e. The molecule has 180 valence electrons. The number of nitrogens with one attached hydrogen (secondary N) is 1. The Morgan fingerprint density at radius 2 is 1.67 bits per heavy atom. The standard InChI is InChI=1S/C22H29N3O6S2/c1-4-24(5-2)21(17-6-10-19(31-3)11-7-17)16-23-33(29,30)20-12-8-18(9-13-20)25-22(26)14-15-32(25,27)28/h6-13,21,23H,4-5,14-16H2,1-3H3/t21-/m1/s1. The van der Waals surface area contributed by atoms with E-state index in [0.29, 0.717) is 0 Å². The summed E-state index contributed by atoms with van der Waals surface area (Å²) in [6.07, 6.45) is -0.0813. The number of carbonyl (C=O) groups excluding carboxylic acids is 1. The fourth-order valence-electron chi connectivity index (χ4n) is 3.85. The van der Waals surface area contributed by atoms with Gasteiger partial charge in [-0.2, -0.15) is 0 Å². The SMILES string of the molecule is CCN(CC)[C@H](CNS(=O)(=O)c1ccc(N2C(=O)CCS2(=O)=O)cc1)c1ccc(OC)cc1. The minimum absolute atomic E-state index is 0.0108. The van der Waals surface area contributed by atoms with Gasteiger partial charge >= 0.3 is 0 Å². The molecule has 0 aromatic heterocycles. The van der Waals surface area contributed by atoms with Gasteiger partial charge < -0.3 is 4.74 Å². The molecule has 0 aliphatic carbocycles. The lowest BCUT2D eigenvalue weighted by atomic mass is 10.1. The molecule has 33 heavy (non-hydrogen) atoms. The molecule has 0 saturated carbocycles. The van der Waals surface area contributed by atoms with Crippen LogP contribution < -0.4 is 13.8 Å². The molecule has 9 nitrogen and oxygen atoms in total. The Balaban J connectivity index is 1.79. The maximum atomic E-state index is 12.9. The van der Waals surface area contributed by atoms with Gasteiger partial charge in [0.25, 0.3) is 0 Å². The van der Waals surface area contributed by atoms with Crippen LogP contribution in [0.2, 0.25) is 0 Å². The van der Waals surface area contributed by atoms with Crippen molar-refractivity contribution in [1.29, 1.82) is 0 Å². The molecule has 0 radical (unpaired) electrons. The molecule has 1 saturated heterocycles. The van der Waals surface area contributed by atoms with Crippen LogP contribution in [0.1, 0.15) is 31.9 Å². The third kappa shape index (κ3) is 5.55. The summed E-state index contributed by atoms with van der Waals surface area (Å²) in [4.78, 5) is 14.1. The van der Waals surface area contributed by atoms with E-state index >= 15 is 0 Å². The van der Waals surface area contributed by atoms with E-state index < -0.39 is 26.0 Å². The summed E-state index contributed by atoms with van der Waals surface area (Å²) < 4.78 is 58.7. The molecule has 1 aliphatic heterocycles. The number of sulfonamides is 2. The fraction of sp³-hybridized carbons (Fsp3) is 0.409. The van der Waals surface area contributed by atoms with E-state index in [1.165, 1.54) is 24.3 Å². The molecular formula is C22H29N3O6S2. The highest BCUT2D eigenvalue weighted by Crippen LogP contribution is 2.27. The van der Waals surface area contributed by atoms with Crippen molar-refractivity contribution in [2.45, 2.75) is 31.2 Å². The number of amides is 1. The Morgan fingerprint density at radius 3 is 2.15 bits per heavy atom. The summed E-state index contributed by atoms with van der Waals surface area (Å²) >= 11 is 0. The van der Waals surface area contributed by atoms with Crippen molar-refractivity contribution >= 4 is 31.6 Å². The highest BCUT2D eigenvalue weighted by atomic mass is 32.2. The largest absolute Gasteiger partial charge is 0.497 e. The zero-order valence-electron chi connectivity index (χ0n) is 18.9. The van der Waals surface area contributed by atoms with Gasteiger partial charge in [-0.1, -0.05) is 26.0 Å². The third-order valence-electron chi connectivity index (χ3n) is 5.68. The summed E-state index contributed by atoms with van der Waals surface area (Å²) in [5, 5.41) is 0. The molecule has 1 fully saturated rings. The van der Waals surface area contributed by atoms with Crippen molar-refractivity contribution in [3.8, 4) is 5.75 Å². The highest BCUT2D eigenvalue weighted by Gasteiger charge is 2.36. The molecule has 1 amide bonds. The summed E-state index contributed by atoms with van der Waals surface area (Å²) in [7, 11) is -5.98. The van der Waals surface area contributed by atoms with Gasteiger partial charge in [0.1, 0.15) is 5.75 Å². The van der Waals surface area contributed by atoms with Crippen LogP contribution in [0.15, 0.2) is 53.4 Å². The van der Waals surface area contributed by atoms with Crippen molar-refractivity contribution in [1.82, 2.24) is 9.62 Å². The number of methoxy groups -OCH3 is 1. The number of nitrogens with zero attached hydrogens (tertiary/aromatic N) is 2. The summed E-state index contributed by atoms with van der Waals surface area (Å²) in [6, 6.07) is 12.6. The number of rotatable bonds is 10. The van der Waals surface area contributed by atoms with Crippen LogP contribution in [-0.4, -0.2) is 60.1 Å². The fourth-order valence-corrected chi connectivity index (χ4v) is 6.35. The summed E-state index contributed by atoms with van der Waals surface area (Å²) in [6.45, 7) is 5.66. The van der Waals surface area contributed by atoms with Crippen LogP contribution in [-0.2, 0) is 24.8 Å². The van der Waals surface area contributed by atoms with Crippen LogP contribution in [0.4, 0.5) is 5.69 Å². The molecule has 1 heterocycles. The Labute approximate surface area is 195 Å². The van der Waals surface area contributed by atoms with E-state index in [0.717, 1.165) is 28.7 Å². The molecule has 1 N–H and O–H groups in total. The minimum atomic E-state index is -3.86. The van der Waals surface area contributed by atoms with E-state index in [4.69, 9.17) is 4.74 Å². The van der Waals surface area contributed by atoms with E-state index in [1.807, 2.05) is 38.1 Å². The Morgan fingerprint density at radius 1 is 1.06 bits per heavy atom. The van der Waals surface area contributed by atoms with Crippen molar-refractivity contribution in [3.63, 3.8) is 0 Å².